The first-order chi connectivity index (χ1) is 18.0. The SMILES string of the molecule is Cc1noc(C)c1-c1nc2c(N3CCN(Cc4ccccc4Cl)CC3)ncnc2n1-c1ccc(Cl)cc1. The van der Waals surface area contributed by atoms with Gasteiger partial charge in [0.15, 0.2) is 22.8 Å². The fourth-order valence-electron chi connectivity index (χ4n) is 4.90. The fourth-order valence-corrected chi connectivity index (χ4v) is 5.22. The molecule has 8 nitrogen and oxygen atoms in total. The molecular formula is C27H25Cl2N7O. The molecule has 1 aliphatic heterocycles. The third kappa shape index (κ3) is 4.45. The van der Waals surface area contributed by atoms with Crippen molar-refractivity contribution in [2.24, 2.45) is 0 Å². The Morgan fingerprint density at radius 1 is 0.919 bits per heavy atom. The molecule has 0 spiro atoms. The van der Waals surface area contributed by atoms with Crippen molar-refractivity contribution < 1.29 is 4.52 Å². The highest BCUT2D eigenvalue weighted by molar-refractivity contribution is 6.31. The molecule has 4 heterocycles. The normalized spacial score (nSPS) is 14.5. The van der Waals surface area contributed by atoms with Gasteiger partial charge in [0, 0.05) is 48.5 Å². The van der Waals surface area contributed by atoms with E-state index in [1.807, 2.05) is 60.9 Å². The van der Waals surface area contributed by atoms with Gasteiger partial charge in [-0.1, -0.05) is 46.6 Å². The molecule has 0 saturated carbocycles. The van der Waals surface area contributed by atoms with E-state index < -0.39 is 0 Å². The highest BCUT2D eigenvalue weighted by Crippen LogP contribution is 2.35. The summed E-state index contributed by atoms with van der Waals surface area (Å²) < 4.78 is 7.51. The maximum absolute atomic E-state index is 6.39. The molecule has 37 heavy (non-hydrogen) atoms. The van der Waals surface area contributed by atoms with Crippen LogP contribution in [0, 0.1) is 13.8 Å². The van der Waals surface area contributed by atoms with Gasteiger partial charge < -0.3 is 9.42 Å². The van der Waals surface area contributed by atoms with Gasteiger partial charge in [-0.15, -0.1) is 0 Å². The second-order valence-electron chi connectivity index (χ2n) is 9.17. The van der Waals surface area contributed by atoms with Crippen LogP contribution in [0.2, 0.25) is 10.0 Å². The van der Waals surface area contributed by atoms with Crippen LogP contribution in [0.3, 0.4) is 0 Å². The van der Waals surface area contributed by atoms with Gasteiger partial charge in [-0.25, -0.2) is 15.0 Å². The number of benzene rings is 2. The molecule has 6 rings (SSSR count). The molecule has 2 aromatic carbocycles. The lowest BCUT2D eigenvalue weighted by Crippen LogP contribution is -2.46. The molecule has 3 aromatic heterocycles. The van der Waals surface area contributed by atoms with Crippen LogP contribution in [0.4, 0.5) is 5.82 Å². The molecule has 0 N–H and O–H groups in total. The lowest BCUT2D eigenvalue weighted by Gasteiger charge is -2.35. The number of fused-ring (bicyclic) bond motifs is 1. The molecule has 0 atom stereocenters. The number of anilines is 1. The van der Waals surface area contributed by atoms with Gasteiger partial charge in [-0.2, -0.15) is 0 Å². The second kappa shape index (κ2) is 9.78. The topological polar surface area (TPSA) is 76.1 Å². The molecule has 0 unspecified atom stereocenters. The first kappa shape index (κ1) is 23.9. The molecule has 0 radical (unpaired) electrons. The minimum absolute atomic E-state index is 0.664. The summed E-state index contributed by atoms with van der Waals surface area (Å²) in [5.41, 5.74) is 5.13. The Kier molecular flexibility index (Phi) is 6.32. The zero-order valence-electron chi connectivity index (χ0n) is 20.5. The first-order valence-corrected chi connectivity index (χ1v) is 12.9. The van der Waals surface area contributed by atoms with Crippen molar-refractivity contribution in [2.75, 3.05) is 31.1 Å². The van der Waals surface area contributed by atoms with E-state index in [0.717, 1.165) is 77.2 Å². The maximum atomic E-state index is 6.39. The van der Waals surface area contributed by atoms with Crippen LogP contribution in [0.25, 0.3) is 28.2 Å². The largest absolute Gasteiger partial charge is 0.361 e. The molecule has 1 saturated heterocycles. The quantitative estimate of drug-likeness (QED) is 0.286. The Bertz CT molecular complexity index is 1550. The van der Waals surface area contributed by atoms with Gasteiger partial charge in [0.05, 0.1) is 11.3 Å². The number of halogens is 2. The lowest BCUT2D eigenvalue weighted by atomic mass is 10.2. The average Bonchev–Trinajstić information content (AvgIpc) is 3.45. The van der Waals surface area contributed by atoms with E-state index in [0.29, 0.717) is 16.6 Å². The van der Waals surface area contributed by atoms with Gasteiger partial charge in [-0.05, 0) is 49.7 Å². The predicted octanol–water partition coefficient (Wildman–Crippen LogP) is 5.72. The van der Waals surface area contributed by atoms with Crippen LogP contribution < -0.4 is 4.90 Å². The van der Waals surface area contributed by atoms with E-state index in [2.05, 4.69) is 31.0 Å². The molecule has 1 fully saturated rings. The van der Waals surface area contributed by atoms with Crippen molar-refractivity contribution >= 4 is 40.2 Å². The van der Waals surface area contributed by atoms with E-state index >= 15 is 0 Å². The third-order valence-electron chi connectivity index (χ3n) is 6.79. The van der Waals surface area contributed by atoms with E-state index in [-0.39, 0.29) is 0 Å². The molecule has 0 bridgehead atoms. The Morgan fingerprint density at radius 3 is 2.38 bits per heavy atom. The van der Waals surface area contributed by atoms with Crippen LogP contribution >= 0.6 is 23.2 Å². The maximum Gasteiger partial charge on any atom is 0.170 e. The van der Waals surface area contributed by atoms with Crippen molar-refractivity contribution in [3.05, 3.63) is 81.9 Å². The number of aryl methyl sites for hydroxylation is 2. The van der Waals surface area contributed by atoms with Crippen molar-refractivity contribution in [3.63, 3.8) is 0 Å². The average molecular weight is 534 g/mol. The van der Waals surface area contributed by atoms with E-state index in [1.54, 1.807) is 6.33 Å². The number of imidazole rings is 1. The summed E-state index contributed by atoms with van der Waals surface area (Å²) in [6.07, 6.45) is 1.61. The van der Waals surface area contributed by atoms with Crippen molar-refractivity contribution in [1.82, 2.24) is 29.6 Å². The van der Waals surface area contributed by atoms with Crippen LogP contribution in [0.15, 0.2) is 59.4 Å². The van der Waals surface area contributed by atoms with Crippen molar-refractivity contribution in [2.45, 2.75) is 20.4 Å². The summed E-state index contributed by atoms with van der Waals surface area (Å²) in [4.78, 5) is 19.1. The standard InChI is InChI=1S/C27H25Cl2N7O/c1-17-23(18(2)37-33-17)25-32-24-26(30-16-31-27(24)36(25)21-9-7-20(28)8-10-21)35-13-11-34(12-14-35)15-19-5-3-4-6-22(19)29/h3-10,16H,11-15H2,1-2H3. The highest BCUT2D eigenvalue weighted by Gasteiger charge is 2.27. The van der Waals surface area contributed by atoms with E-state index in [9.17, 15) is 0 Å². The minimum Gasteiger partial charge on any atom is -0.361 e. The van der Waals surface area contributed by atoms with Gasteiger partial charge in [-0.3, -0.25) is 9.47 Å². The fraction of sp³-hybridized carbons (Fsp3) is 0.259. The Hall–Kier alpha value is -3.46. The lowest BCUT2D eigenvalue weighted by molar-refractivity contribution is 0.249. The Balaban J connectivity index is 1.37. The highest BCUT2D eigenvalue weighted by atomic mass is 35.5. The summed E-state index contributed by atoms with van der Waals surface area (Å²) in [6, 6.07) is 15.7. The monoisotopic (exact) mass is 533 g/mol. The molecule has 0 amide bonds. The van der Waals surface area contributed by atoms with Crippen LogP contribution in [0.5, 0.6) is 0 Å². The molecule has 10 heteroatoms. The molecule has 5 aromatic rings. The second-order valence-corrected chi connectivity index (χ2v) is 10.0. The number of rotatable bonds is 5. The minimum atomic E-state index is 0.664. The molecule has 1 aliphatic rings. The first-order valence-electron chi connectivity index (χ1n) is 12.1. The smallest absolute Gasteiger partial charge is 0.170 e. The van der Waals surface area contributed by atoms with Gasteiger partial charge in [0.2, 0.25) is 0 Å². The molecule has 0 aliphatic carbocycles. The number of piperazine rings is 1. The summed E-state index contributed by atoms with van der Waals surface area (Å²) >= 11 is 12.6. The number of aromatic nitrogens is 5. The Labute approximate surface area is 224 Å². The molecule has 188 valence electrons. The predicted molar refractivity (Wildman–Crippen MR) is 146 cm³/mol. The number of hydrogen-bond acceptors (Lipinski definition) is 7. The molecular weight excluding hydrogens is 509 g/mol. The number of hydrogen-bond donors (Lipinski definition) is 0. The summed E-state index contributed by atoms with van der Waals surface area (Å²) in [7, 11) is 0. The number of nitrogens with zero attached hydrogens (tertiary/aromatic N) is 7. The zero-order valence-corrected chi connectivity index (χ0v) is 22.0. The van der Waals surface area contributed by atoms with Crippen molar-refractivity contribution in [3.8, 4) is 17.1 Å². The van der Waals surface area contributed by atoms with E-state index in [1.165, 1.54) is 0 Å². The zero-order chi connectivity index (χ0) is 25.5. The summed E-state index contributed by atoms with van der Waals surface area (Å²) in [6.45, 7) is 8.08. The van der Waals surface area contributed by atoms with Gasteiger partial charge in [0.25, 0.3) is 0 Å². The van der Waals surface area contributed by atoms with Crippen molar-refractivity contribution in [1.29, 1.82) is 0 Å². The van der Waals surface area contributed by atoms with Gasteiger partial charge >= 0.3 is 0 Å². The Morgan fingerprint density at radius 2 is 1.68 bits per heavy atom. The van der Waals surface area contributed by atoms with Crippen LogP contribution in [-0.2, 0) is 6.54 Å². The third-order valence-corrected chi connectivity index (χ3v) is 7.41. The van der Waals surface area contributed by atoms with E-state index in [4.69, 9.17) is 32.7 Å². The van der Waals surface area contributed by atoms with Gasteiger partial charge in [0.1, 0.15) is 12.1 Å². The van der Waals surface area contributed by atoms with Crippen LogP contribution in [0.1, 0.15) is 17.0 Å². The van der Waals surface area contributed by atoms with Crippen LogP contribution in [-0.4, -0.2) is 55.8 Å². The summed E-state index contributed by atoms with van der Waals surface area (Å²) in [5, 5.41) is 5.63. The summed E-state index contributed by atoms with van der Waals surface area (Å²) in [5.74, 6) is 2.24.